The van der Waals surface area contributed by atoms with Crippen molar-refractivity contribution in [1.29, 1.82) is 0 Å². The Morgan fingerprint density at radius 3 is 2.58 bits per heavy atom. The van der Waals surface area contributed by atoms with E-state index >= 15 is 4.39 Å². The number of piperidine rings is 1. The van der Waals surface area contributed by atoms with Gasteiger partial charge in [-0.2, -0.15) is 13.2 Å². The molecule has 2 atom stereocenters. The summed E-state index contributed by atoms with van der Waals surface area (Å²) in [4.78, 5) is 33.6. The van der Waals surface area contributed by atoms with Gasteiger partial charge in [-0.25, -0.2) is 9.37 Å². The number of nitrogens with one attached hydrogen (secondary N) is 1. The van der Waals surface area contributed by atoms with Crippen molar-refractivity contribution in [3.05, 3.63) is 68.9 Å². The van der Waals surface area contributed by atoms with Crippen LogP contribution >= 0.6 is 15.9 Å². The van der Waals surface area contributed by atoms with Crippen LogP contribution in [0, 0.1) is 18.7 Å². The van der Waals surface area contributed by atoms with Crippen molar-refractivity contribution in [1.82, 2.24) is 10.3 Å². The van der Waals surface area contributed by atoms with Gasteiger partial charge in [-0.1, -0.05) is 35.3 Å². The molecular formula is C34H40BrF4N3O3. The number of ether oxygens (including phenoxy) is 1. The fraction of sp³-hybridized carbons (Fsp3) is 0.500. The number of hydrogen-bond acceptors (Lipinski definition) is 5. The van der Waals surface area contributed by atoms with Crippen molar-refractivity contribution in [2.45, 2.75) is 84.4 Å². The molecule has 2 heterocycles. The lowest BCUT2D eigenvalue weighted by molar-refractivity contribution is -0.155. The first-order chi connectivity index (χ1) is 21.1. The van der Waals surface area contributed by atoms with Gasteiger partial charge in [0, 0.05) is 53.0 Å². The van der Waals surface area contributed by atoms with Crippen LogP contribution in [0.2, 0.25) is 0 Å². The molecule has 1 fully saturated rings. The molecule has 1 aliphatic heterocycles. The number of anilines is 1. The Morgan fingerprint density at radius 1 is 1.18 bits per heavy atom. The van der Waals surface area contributed by atoms with Crippen molar-refractivity contribution < 1.29 is 31.9 Å². The van der Waals surface area contributed by atoms with Crippen molar-refractivity contribution in [3.8, 4) is 0 Å². The van der Waals surface area contributed by atoms with Crippen molar-refractivity contribution in [3.63, 3.8) is 0 Å². The van der Waals surface area contributed by atoms with Crippen LogP contribution in [0.4, 0.5) is 23.4 Å². The van der Waals surface area contributed by atoms with Crippen LogP contribution in [-0.4, -0.2) is 42.1 Å². The molecule has 0 radical (unpaired) electrons. The average Bonchev–Trinajstić information content (AvgIpc) is 2.95. The SMILES string of the molecule is CCC1CCCN(c2nc3ccc(Br)cc3c(C(=O)NCC(CCC(=O)OC(C)(C)C)c3c(F)cccc3C(F)(F)F)c2C)C1. The molecule has 1 N–H and O–H groups in total. The summed E-state index contributed by atoms with van der Waals surface area (Å²) in [7, 11) is 0. The van der Waals surface area contributed by atoms with E-state index in [9.17, 15) is 22.8 Å². The van der Waals surface area contributed by atoms with Crippen LogP contribution in [-0.2, 0) is 15.7 Å². The van der Waals surface area contributed by atoms with E-state index in [1.54, 1.807) is 26.8 Å². The maximum Gasteiger partial charge on any atom is 0.416 e. The molecule has 11 heteroatoms. The highest BCUT2D eigenvalue weighted by Gasteiger charge is 2.37. The molecule has 0 aliphatic carbocycles. The molecular weight excluding hydrogens is 654 g/mol. The Kier molecular flexibility index (Phi) is 10.8. The predicted molar refractivity (Wildman–Crippen MR) is 171 cm³/mol. The minimum absolute atomic E-state index is 0.168. The van der Waals surface area contributed by atoms with Crippen molar-refractivity contribution in [2.75, 3.05) is 24.5 Å². The van der Waals surface area contributed by atoms with E-state index in [2.05, 4.69) is 33.1 Å². The van der Waals surface area contributed by atoms with Crippen molar-refractivity contribution >= 4 is 44.5 Å². The minimum atomic E-state index is -4.84. The molecule has 1 amide bonds. The average molecular weight is 695 g/mol. The molecule has 0 spiro atoms. The Hall–Kier alpha value is -3.21. The number of carbonyl (C=O) groups is 2. The molecule has 4 rings (SSSR count). The van der Waals surface area contributed by atoms with Gasteiger partial charge in [0.05, 0.1) is 16.6 Å². The van der Waals surface area contributed by atoms with E-state index in [0.717, 1.165) is 55.0 Å². The molecule has 3 aromatic rings. The zero-order valence-corrected chi connectivity index (χ0v) is 27.9. The van der Waals surface area contributed by atoms with Gasteiger partial charge in [0.2, 0.25) is 0 Å². The summed E-state index contributed by atoms with van der Waals surface area (Å²) in [5.74, 6) is -2.15. The number of halogens is 5. The third-order valence-corrected chi connectivity index (χ3v) is 8.67. The summed E-state index contributed by atoms with van der Waals surface area (Å²) < 4.78 is 63.4. The third-order valence-electron chi connectivity index (χ3n) is 8.18. The highest BCUT2D eigenvalue weighted by atomic mass is 79.9. The van der Waals surface area contributed by atoms with Gasteiger partial charge in [-0.05, 0) is 83.2 Å². The molecule has 0 saturated carbocycles. The molecule has 0 bridgehead atoms. The lowest BCUT2D eigenvalue weighted by Crippen LogP contribution is -2.37. The fourth-order valence-corrected chi connectivity index (χ4v) is 6.41. The first kappa shape index (κ1) is 34.7. The number of hydrogen-bond donors (Lipinski definition) is 1. The monoisotopic (exact) mass is 693 g/mol. The molecule has 6 nitrogen and oxygen atoms in total. The smallest absolute Gasteiger partial charge is 0.416 e. The minimum Gasteiger partial charge on any atom is -0.460 e. The van der Waals surface area contributed by atoms with Gasteiger partial charge in [-0.3, -0.25) is 9.59 Å². The Bertz CT molecular complexity index is 1550. The number of pyridine rings is 1. The molecule has 1 aromatic heterocycles. The number of aromatic nitrogens is 1. The van der Waals surface area contributed by atoms with E-state index in [1.807, 2.05) is 19.1 Å². The Balaban J connectivity index is 1.71. The second-order valence-electron chi connectivity index (χ2n) is 12.7. The molecule has 244 valence electrons. The van der Waals surface area contributed by atoms with E-state index < -0.39 is 46.5 Å². The third kappa shape index (κ3) is 8.54. The summed E-state index contributed by atoms with van der Waals surface area (Å²) in [6.45, 7) is 10.3. The number of alkyl halides is 3. The summed E-state index contributed by atoms with van der Waals surface area (Å²) >= 11 is 3.47. The van der Waals surface area contributed by atoms with Gasteiger partial charge in [-0.15, -0.1) is 0 Å². The van der Waals surface area contributed by atoms with Crippen LogP contribution in [0.5, 0.6) is 0 Å². The van der Waals surface area contributed by atoms with Gasteiger partial charge in [0.1, 0.15) is 17.2 Å². The summed E-state index contributed by atoms with van der Waals surface area (Å²) in [5, 5.41) is 3.37. The number of benzene rings is 2. The standard InChI is InChI=1S/C34H40BrF4N3O3/c1-6-21-9-8-16-42(19-21)31-20(2)29(24-17-23(35)13-14-27(24)41-31)32(44)40-18-22(12-15-28(43)45-33(3,4)5)30-25(34(37,38)39)10-7-11-26(30)36/h7,10-11,13-14,17,21-22H,6,8-9,12,15-16,18-19H2,1-5H3,(H,40,44). The van der Waals surface area contributed by atoms with Crippen molar-refractivity contribution in [2.24, 2.45) is 5.92 Å². The maximum absolute atomic E-state index is 15.2. The van der Waals surface area contributed by atoms with E-state index in [4.69, 9.17) is 9.72 Å². The second kappa shape index (κ2) is 14.1. The number of nitrogens with zero attached hydrogens (tertiary/aromatic N) is 2. The molecule has 2 aromatic carbocycles. The largest absolute Gasteiger partial charge is 0.460 e. The van der Waals surface area contributed by atoms with E-state index in [0.29, 0.717) is 33.8 Å². The molecule has 45 heavy (non-hydrogen) atoms. The van der Waals surface area contributed by atoms with Gasteiger partial charge < -0.3 is 15.0 Å². The number of rotatable bonds is 9. The van der Waals surface area contributed by atoms with Crippen LogP contribution < -0.4 is 10.2 Å². The fourth-order valence-electron chi connectivity index (χ4n) is 6.05. The number of fused-ring (bicyclic) bond motifs is 1. The lowest BCUT2D eigenvalue weighted by atomic mass is 9.89. The molecule has 1 aliphatic rings. The zero-order valence-electron chi connectivity index (χ0n) is 26.3. The van der Waals surface area contributed by atoms with Crippen LogP contribution in [0.15, 0.2) is 40.9 Å². The number of amides is 1. The van der Waals surface area contributed by atoms with Gasteiger partial charge in [0.25, 0.3) is 5.91 Å². The van der Waals surface area contributed by atoms with E-state index in [1.165, 1.54) is 0 Å². The topological polar surface area (TPSA) is 71.5 Å². The summed E-state index contributed by atoms with van der Waals surface area (Å²) in [6, 6.07) is 8.22. The number of esters is 1. The number of carbonyl (C=O) groups excluding carboxylic acids is 2. The first-order valence-corrected chi connectivity index (χ1v) is 16.1. The van der Waals surface area contributed by atoms with Crippen LogP contribution in [0.3, 0.4) is 0 Å². The van der Waals surface area contributed by atoms with Crippen LogP contribution in [0.25, 0.3) is 10.9 Å². The zero-order chi connectivity index (χ0) is 33.1. The van der Waals surface area contributed by atoms with Gasteiger partial charge in [0.15, 0.2) is 0 Å². The summed E-state index contributed by atoms with van der Waals surface area (Å²) in [5.41, 5.74) is -0.913. The van der Waals surface area contributed by atoms with Gasteiger partial charge >= 0.3 is 12.1 Å². The molecule has 2 unspecified atom stereocenters. The lowest BCUT2D eigenvalue weighted by Gasteiger charge is -2.34. The highest BCUT2D eigenvalue weighted by molar-refractivity contribution is 9.10. The maximum atomic E-state index is 15.2. The highest BCUT2D eigenvalue weighted by Crippen LogP contribution is 2.38. The quantitative estimate of drug-likeness (QED) is 0.179. The first-order valence-electron chi connectivity index (χ1n) is 15.3. The normalized spacial score (nSPS) is 16.5. The van der Waals surface area contributed by atoms with E-state index in [-0.39, 0.29) is 19.4 Å². The Morgan fingerprint density at radius 2 is 1.91 bits per heavy atom. The molecule has 1 saturated heterocycles. The van der Waals surface area contributed by atoms with Crippen LogP contribution in [0.1, 0.15) is 92.8 Å². The second-order valence-corrected chi connectivity index (χ2v) is 13.6. The summed E-state index contributed by atoms with van der Waals surface area (Å²) in [6.07, 6.45) is -2.10. The predicted octanol–water partition coefficient (Wildman–Crippen LogP) is 8.73. The Labute approximate surface area is 270 Å².